The Labute approximate surface area is 155 Å². The molecule has 0 aliphatic rings. The summed E-state index contributed by atoms with van der Waals surface area (Å²) < 4.78 is 27.0. The summed E-state index contributed by atoms with van der Waals surface area (Å²) in [5.41, 5.74) is 1.68. The van der Waals surface area contributed by atoms with E-state index in [2.05, 4.69) is 11.8 Å². The lowest BCUT2D eigenvalue weighted by Gasteiger charge is -2.18. The lowest BCUT2D eigenvalue weighted by molar-refractivity contribution is 0.238. The fraction of sp³-hybridized carbons (Fsp3) is 0.238. The molecule has 1 unspecified atom stereocenters. The third-order valence-corrected chi connectivity index (χ3v) is 5.64. The Balaban J connectivity index is 2.20. The summed E-state index contributed by atoms with van der Waals surface area (Å²) in [5.74, 6) is 5.51. The Kier molecular flexibility index (Phi) is 7.16. The van der Waals surface area contributed by atoms with Gasteiger partial charge in [-0.3, -0.25) is 0 Å². The van der Waals surface area contributed by atoms with E-state index in [9.17, 15) is 13.5 Å². The molecule has 0 aromatic heterocycles. The molecule has 0 spiro atoms. The third kappa shape index (κ3) is 5.30. The number of benzene rings is 2. The van der Waals surface area contributed by atoms with Gasteiger partial charge in [0.15, 0.2) is 0 Å². The molecule has 2 aromatic rings. The van der Waals surface area contributed by atoms with E-state index in [1.165, 1.54) is 4.31 Å². The minimum atomic E-state index is -3.65. The monoisotopic (exact) mass is 369 g/mol. The Bertz CT molecular complexity index is 892. The largest absolute Gasteiger partial charge is 0.376 e. The zero-order chi connectivity index (χ0) is 19.0. The predicted octanol–water partition coefficient (Wildman–Crippen LogP) is 3.30. The van der Waals surface area contributed by atoms with Crippen LogP contribution in [-0.4, -0.2) is 30.9 Å². The Morgan fingerprint density at radius 1 is 1.12 bits per heavy atom. The van der Waals surface area contributed by atoms with Gasteiger partial charge in [0.25, 0.3) is 0 Å². The summed E-state index contributed by atoms with van der Waals surface area (Å²) >= 11 is 0. The lowest BCUT2D eigenvalue weighted by atomic mass is 10.1. The SMILES string of the molecule is C/C=C/CN(CC#CC(O)c1ccccc1)S(=O)(=O)c1ccc(C)cc1. The maximum absolute atomic E-state index is 12.9. The van der Waals surface area contributed by atoms with Crippen LogP contribution >= 0.6 is 0 Å². The number of aliphatic hydroxyl groups excluding tert-OH is 1. The van der Waals surface area contributed by atoms with Crippen molar-refractivity contribution >= 4 is 10.0 Å². The molecule has 4 nitrogen and oxygen atoms in total. The number of aryl methyl sites for hydroxylation is 1. The molecule has 2 aromatic carbocycles. The van der Waals surface area contributed by atoms with Crippen LogP contribution in [0.1, 0.15) is 24.2 Å². The number of hydrogen-bond acceptors (Lipinski definition) is 3. The van der Waals surface area contributed by atoms with E-state index in [4.69, 9.17) is 0 Å². The molecule has 0 bridgehead atoms. The van der Waals surface area contributed by atoms with Crippen LogP contribution in [0.2, 0.25) is 0 Å². The minimum absolute atomic E-state index is 0.00441. The van der Waals surface area contributed by atoms with Crippen LogP contribution in [0.3, 0.4) is 0 Å². The molecular weight excluding hydrogens is 346 g/mol. The molecule has 2 rings (SSSR count). The second kappa shape index (κ2) is 9.35. The first-order valence-corrected chi connectivity index (χ1v) is 9.78. The van der Waals surface area contributed by atoms with Crippen LogP contribution < -0.4 is 0 Å². The van der Waals surface area contributed by atoms with E-state index >= 15 is 0 Å². The number of sulfonamides is 1. The fourth-order valence-corrected chi connectivity index (χ4v) is 3.57. The average molecular weight is 369 g/mol. The van der Waals surface area contributed by atoms with Gasteiger partial charge in [0, 0.05) is 6.54 Å². The summed E-state index contributed by atoms with van der Waals surface area (Å²) in [6, 6.07) is 15.8. The van der Waals surface area contributed by atoms with Crippen molar-refractivity contribution in [1.82, 2.24) is 4.31 Å². The topological polar surface area (TPSA) is 57.6 Å². The number of nitrogens with zero attached hydrogens (tertiary/aromatic N) is 1. The molecule has 0 saturated carbocycles. The van der Waals surface area contributed by atoms with Gasteiger partial charge in [-0.25, -0.2) is 8.42 Å². The van der Waals surface area contributed by atoms with E-state index in [1.807, 2.05) is 32.0 Å². The molecular formula is C21H23NO3S. The van der Waals surface area contributed by atoms with Crippen LogP contribution in [0.25, 0.3) is 0 Å². The number of rotatable bonds is 6. The van der Waals surface area contributed by atoms with Crippen molar-refractivity contribution < 1.29 is 13.5 Å². The quantitative estimate of drug-likeness (QED) is 0.628. The highest BCUT2D eigenvalue weighted by atomic mass is 32.2. The van der Waals surface area contributed by atoms with Crippen LogP contribution in [0.15, 0.2) is 71.6 Å². The van der Waals surface area contributed by atoms with Crippen molar-refractivity contribution in [2.45, 2.75) is 24.8 Å². The average Bonchev–Trinajstić information content (AvgIpc) is 2.65. The van der Waals surface area contributed by atoms with Crippen molar-refractivity contribution in [3.05, 3.63) is 77.9 Å². The summed E-state index contributed by atoms with van der Waals surface area (Å²) in [5, 5.41) is 10.1. The van der Waals surface area contributed by atoms with Gasteiger partial charge in [-0.15, -0.1) is 0 Å². The molecule has 136 valence electrons. The second-order valence-electron chi connectivity index (χ2n) is 5.81. The molecule has 0 aliphatic heterocycles. The van der Waals surface area contributed by atoms with E-state index in [0.29, 0.717) is 5.56 Å². The van der Waals surface area contributed by atoms with Crippen molar-refractivity contribution in [1.29, 1.82) is 0 Å². The highest BCUT2D eigenvalue weighted by molar-refractivity contribution is 7.89. The van der Waals surface area contributed by atoms with Gasteiger partial charge in [0.05, 0.1) is 11.4 Å². The summed E-state index contributed by atoms with van der Waals surface area (Å²) in [6.45, 7) is 3.97. The number of allylic oxidation sites excluding steroid dienone is 1. The van der Waals surface area contributed by atoms with E-state index in [1.54, 1.807) is 48.6 Å². The van der Waals surface area contributed by atoms with Crippen molar-refractivity contribution in [2.75, 3.05) is 13.1 Å². The van der Waals surface area contributed by atoms with Crippen molar-refractivity contribution in [3.8, 4) is 11.8 Å². The molecule has 0 amide bonds. The lowest BCUT2D eigenvalue weighted by Crippen LogP contribution is -2.31. The van der Waals surface area contributed by atoms with Gasteiger partial charge in [-0.2, -0.15) is 4.31 Å². The molecule has 1 N–H and O–H groups in total. The molecule has 0 fully saturated rings. The van der Waals surface area contributed by atoms with Gasteiger partial charge in [0.1, 0.15) is 6.10 Å². The molecule has 0 aliphatic carbocycles. The van der Waals surface area contributed by atoms with E-state index < -0.39 is 16.1 Å². The third-order valence-electron chi connectivity index (χ3n) is 3.81. The second-order valence-corrected chi connectivity index (χ2v) is 7.75. The smallest absolute Gasteiger partial charge is 0.244 e. The van der Waals surface area contributed by atoms with Gasteiger partial charge in [0.2, 0.25) is 10.0 Å². The molecule has 5 heteroatoms. The molecule has 26 heavy (non-hydrogen) atoms. The number of aliphatic hydroxyl groups is 1. The highest BCUT2D eigenvalue weighted by Crippen LogP contribution is 2.16. The van der Waals surface area contributed by atoms with E-state index in [0.717, 1.165) is 5.56 Å². The van der Waals surface area contributed by atoms with Crippen LogP contribution in [0.5, 0.6) is 0 Å². The Morgan fingerprint density at radius 3 is 2.38 bits per heavy atom. The molecule has 0 heterocycles. The first-order valence-electron chi connectivity index (χ1n) is 8.34. The first-order chi connectivity index (χ1) is 12.4. The zero-order valence-electron chi connectivity index (χ0n) is 15.0. The Hall–Kier alpha value is -2.39. The normalized spacial score (nSPS) is 12.8. The standard InChI is InChI=1S/C21H23NO3S/c1-3-4-16-22(26(24,25)20-14-12-18(2)13-15-20)17-8-11-21(23)19-9-6-5-7-10-19/h3-7,9-10,12-15,21,23H,16-17H2,1-2H3/b4-3+. The van der Waals surface area contributed by atoms with Gasteiger partial charge >= 0.3 is 0 Å². The maximum atomic E-state index is 12.9. The number of hydrogen-bond donors (Lipinski definition) is 1. The minimum Gasteiger partial charge on any atom is -0.376 e. The van der Waals surface area contributed by atoms with Crippen LogP contribution in [0.4, 0.5) is 0 Å². The molecule has 1 atom stereocenters. The van der Waals surface area contributed by atoms with Crippen LogP contribution in [-0.2, 0) is 10.0 Å². The highest BCUT2D eigenvalue weighted by Gasteiger charge is 2.22. The van der Waals surface area contributed by atoms with Gasteiger partial charge in [-0.1, -0.05) is 72.0 Å². The summed E-state index contributed by atoms with van der Waals surface area (Å²) in [4.78, 5) is 0.234. The zero-order valence-corrected chi connectivity index (χ0v) is 15.8. The maximum Gasteiger partial charge on any atom is 0.244 e. The molecule has 0 radical (unpaired) electrons. The summed E-state index contributed by atoms with van der Waals surface area (Å²) in [7, 11) is -3.65. The fourth-order valence-electron chi connectivity index (χ4n) is 2.28. The predicted molar refractivity (Wildman–Crippen MR) is 104 cm³/mol. The summed E-state index contributed by atoms with van der Waals surface area (Å²) in [6.07, 6.45) is 2.62. The van der Waals surface area contributed by atoms with Gasteiger partial charge < -0.3 is 5.11 Å². The molecule has 0 saturated heterocycles. The van der Waals surface area contributed by atoms with Crippen LogP contribution in [0, 0.1) is 18.8 Å². The van der Waals surface area contributed by atoms with Gasteiger partial charge in [-0.05, 0) is 31.5 Å². The van der Waals surface area contributed by atoms with Crippen molar-refractivity contribution in [3.63, 3.8) is 0 Å². The Morgan fingerprint density at radius 2 is 1.77 bits per heavy atom. The first kappa shape index (κ1) is 19.9. The van der Waals surface area contributed by atoms with Crippen molar-refractivity contribution in [2.24, 2.45) is 0 Å². The van der Waals surface area contributed by atoms with E-state index in [-0.39, 0.29) is 18.0 Å².